The molecule has 1 aliphatic rings. The number of hydrogen-bond donors (Lipinski definition) is 2. The van der Waals surface area contributed by atoms with E-state index in [0.29, 0.717) is 6.54 Å². The average Bonchev–Trinajstić information content (AvgIpc) is 3.18. The fraction of sp³-hybridized carbons (Fsp3) is 0.192. The molecule has 0 saturated heterocycles. The van der Waals surface area contributed by atoms with Crippen molar-refractivity contribution in [1.29, 1.82) is 0 Å². The molecule has 3 aromatic carbocycles. The third-order valence-electron chi connectivity index (χ3n) is 6.01. The standard InChI is InChI=1S/C26H25N3OS/c1-17-10-12-18(13-11-17)25-24-22(21-8-3-4-9-23(21)28-24)14-15-29(25)26(30)27-19-6-5-7-20(16-19)31-2/h3-13,16,25,28H,14-15H2,1-2H3,(H,27,30). The highest BCUT2D eigenvalue weighted by molar-refractivity contribution is 7.98. The number of H-pyrrole nitrogens is 1. The van der Waals surface area contributed by atoms with Crippen LogP contribution in [0.15, 0.2) is 77.7 Å². The number of carbonyl (C=O) groups excluding carboxylic acids is 1. The molecule has 4 aromatic rings. The summed E-state index contributed by atoms with van der Waals surface area (Å²) in [4.78, 5) is 20.1. The number of carbonyl (C=O) groups is 1. The minimum Gasteiger partial charge on any atom is -0.356 e. The SMILES string of the molecule is CSc1cccc(NC(=O)N2CCc3c([nH]c4ccccc34)C2c2ccc(C)cc2)c1. The Balaban J connectivity index is 1.55. The van der Waals surface area contributed by atoms with Crippen molar-refractivity contribution < 1.29 is 4.79 Å². The Morgan fingerprint density at radius 3 is 2.68 bits per heavy atom. The molecule has 2 heterocycles. The van der Waals surface area contributed by atoms with E-state index in [2.05, 4.69) is 59.7 Å². The van der Waals surface area contributed by atoms with Crippen molar-refractivity contribution in [2.45, 2.75) is 24.3 Å². The minimum absolute atomic E-state index is 0.0758. The van der Waals surface area contributed by atoms with Crippen LogP contribution in [0.3, 0.4) is 0 Å². The first-order valence-corrected chi connectivity index (χ1v) is 11.7. The van der Waals surface area contributed by atoms with Crippen molar-refractivity contribution in [2.24, 2.45) is 0 Å². The Hall–Kier alpha value is -3.18. The van der Waals surface area contributed by atoms with Gasteiger partial charge in [0, 0.05) is 33.7 Å². The van der Waals surface area contributed by atoms with Crippen LogP contribution in [-0.2, 0) is 6.42 Å². The maximum absolute atomic E-state index is 13.4. The smallest absolute Gasteiger partial charge is 0.322 e. The van der Waals surface area contributed by atoms with Gasteiger partial charge in [0.15, 0.2) is 0 Å². The number of aromatic nitrogens is 1. The first kappa shape index (κ1) is 19.8. The van der Waals surface area contributed by atoms with E-state index in [9.17, 15) is 4.79 Å². The molecular formula is C26H25N3OS. The lowest BCUT2D eigenvalue weighted by Gasteiger charge is -2.36. The van der Waals surface area contributed by atoms with E-state index in [0.717, 1.165) is 33.8 Å². The topological polar surface area (TPSA) is 48.1 Å². The fourth-order valence-corrected chi connectivity index (χ4v) is 4.91. The van der Waals surface area contributed by atoms with Crippen LogP contribution in [0.4, 0.5) is 10.5 Å². The van der Waals surface area contributed by atoms with Crippen LogP contribution in [0.2, 0.25) is 0 Å². The van der Waals surface area contributed by atoms with E-state index in [1.807, 2.05) is 41.5 Å². The molecule has 0 fully saturated rings. The summed E-state index contributed by atoms with van der Waals surface area (Å²) in [7, 11) is 0. The largest absolute Gasteiger partial charge is 0.356 e. The Bertz CT molecular complexity index is 1250. The Labute approximate surface area is 186 Å². The number of fused-ring (bicyclic) bond motifs is 3. The van der Waals surface area contributed by atoms with E-state index < -0.39 is 0 Å². The molecule has 0 saturated carbocycles. The number of hydrogen-bond acceptors (Lipinski definition) is 2. The molecule has 0 radical (unpaired) electrons. The molecule has 4 nitrogen and oxygen atoms in total. The van der Waals surface area contributed by atoms with E-state index in [1.54, 1.807) is 11.8 Å². The summed E-state index contributed by atoms with van der Waals surface area (Å²) < 4.78 is 0. The molecule has 31 heavy (non-hydrogen) atoms. The van der Waals surface area contributed by atoms with Crippen LogP contribution in [-0.4, -0.2) is 28.7 Å². The molecule has 0 bridgehead atoms. The molecule has 1 atom stereocenters. The van der Waals surface area contributed by atoms with E-state index in [4.69, 9.17) is 0 Å². The molecule has 0 spiro atoms. The minimum atomic E-state index is -0.152. The zero-order chi connectivity index (χ0) is 21.4. The molecule has 1 aliphatic heterocycles. The molecule has 5 rings (SSSR count). The van der Waals surface area contributed by atoms with Crippen molar-refractivity contribution in [3.63, 3.8) is 0 Å². The van der Waals surface area contributed by atoms with Crippen LogP contribution >= 0.6 is 11.8 Å². The summed E-state index contributed by atoms with van der Waals surface area (Å²) >= 11 is 1.67. The summed E-state index contributed by atoms with van der Waals surface area (Å²) in [6.45, 7) is 2.75. The maximum Gasteiger partial charge on any atom is 0.322 e. The van der Waals surface area contributed by atoms with Crippen LogP contribution in [0.25, 0.3) is 10.9 Å². The lowest BCUT2D eigenvalue weighted by atomic mass is 9.92. The molecule has 1 unspecified atom stereocenters. The number of nitrogens with one attached hydrogen (secondary N) is 2. The van der Waals surface area contributed by atoms with Crippen molar-refractivity contribution in [1.82, 2.24) is 9.88 Å². The fourth-order valence-electron chi connectivity index (χ4n) is 4.45. The molecule has 2 N–H and O–H groups in total. The van der Waals surface area contributed by atoms with Gasteiger partial charge in [0.05, 0.1) is 6.04 Å². The van der Waals surface area contributed by atoms with Crippen LogP contribution in [0.1, 0.15) is 28.4 Å². The van der Waals surface area contributed by atoms with E-state index in [-0.39, 0.29) is 12.1 Å². The number of urea groups is 1. The number of thioether (sulfide) groups is 1. The first-order valence-electron chi connectivity index (χ1n) is 10.5. The Morgan fingerprint density at radius 2 is 1.87 bits per heavy atom. The highest BCUT2D eigenvalue weighted by Crippen LogP contribution is 2.38. The van der Waals surface area contributed by atoms with Gasteiger partial charge in [-0.15, -0.1) is 11.8 Å². The third-order valence-corrected chi connectivity index (χ3v) is 6.73. The van der Waals surface area contributed by atoms with E-state index >= 15 is 0 Å². The Morgan fingerprint density at radius 1 is 1.06 bits per heavy atom. The number of rotatable bonds is 3. The highest BCUT2D eigenvalue weighted by Gasteiger charge is 2.34. The number of aryl methyl sites for hydroxylation is 1. The molecule has 0 aliphatic carbocycles. The Kier molecular flexibility index (Phi) is 5.20. The molecule has 5 heteroatoms. The van der Waals surface area contributed by atoms with Crippen molar-refractivity contribution >= 4 is 34.4 Å². The van der Waals surface area contributed by atoms with Crippen molar-refractivity contribution in [3.05, 3.63) is 95.2 Å². The molecule has 2 amide bonds. The first-order chi connectivity index (χ1) is 15.1. The number of aromatic amines is 1. The molecular weight excluding hydrogens is 402 g/mol. The molecule has 1 aromatic heterocycles. The second-order valence-electron chi connectivity index (χ2n) is 7.98. The lowest BCUT2D eigenvalue weighted by Crippen LogP contribution is -2.43. The monoisotopic (exact) mass is 427 g/mol. The van der Waals surface area contributed by atoms with Crippen LogP contribution < -0.4 is 5.32 Å². The average molecular weight is 428 g/mol. The van der Waals surface area contributed by atoms with Gasteiger partial charge in [-0.25, -0.2) is 4.79 Å². The second kappa shape index (κ2) is 8.16. The number of nitrogens with zero attached hydrogens (tertiary/aromatic N) is 1. The highest BCUT2D eigenvalue weighted by atomic mass is 32.2. The lowest BCUT2D eigenvalue weighted by molar-refractivity contribution is 0.193. The second-order valence-corrected chi connectivity index (χ2v) is 8.86. The number of para-hydroxylation sites is 1. The van der Waals surface area contributed by atoms with Gasteiger partial charge in [-0.1, -0.05) is 54.1 Å². The van der Waals surface area contributed by atoms with Gasteiger partial charge in [-0.2, -0.15) is 0 Å². The summed E-state index contributed by atoms with van der Waals surface area (Å²) in [6, 6.07) is 24.7. The zero-order valence-electron chi connectivity index (χ0n) is 17.7. The quantitative estimate of drug-likeness (QED) is 0.373. The van der Waals surface area contributed by atoms with E-state index in [1.165, 1.54) is 16.5 Å². The van der Waals surface area contributed by atoms with Gasteiger partial charge >= 0.3 is 6.03 Å². The van der Waals surface area contributed by atoms with Gasteiger partial charge in [-0.05, 0) is 55.0 Å². The van der Waals surface area contributed by atoms with Gasteiger partial charge in [0.1, 0.15) is 0 Å². The number of benzene rings is 3. The summed E-state index contributed by atoms with van der Waals surface area (Å²) in [5.41, 5.74) is 6.70. The predicted molar refractivity (Wildman–Crippen MR) is 129 cm³/mol. The summed E-state index contributed by atoms with van der Waals surface area (Å²) in [6.07, 6.45) is 2.87. The third kappa shape index (κ3) is 3.70. The summed E-state index contributed by atoms with van der Waals surface area (Å²) in [5.74, 6) is 0. The zero-order valence-corrected chi connectivity index (χ0v) is 18.5. The predicted octanol–water partition coefficient (Wildman–Crippen LogP) is 6.38. The van der Waals surface area contributed by atoms with Crippen LogP contribution in [0.5, 0.6) is 0 Å². The summed E-state index contributed by atoms with van der Waals surface area (Å²) in [5, 5.41) is 4.37. The van der Waals surface area contributed by atoms with Crippen molar-refractivity contribution in [2.75, 3.05) is 18.1 Å². The van der Waals surface area contributed by atoms with Crippen molar-refractivity contribution in [3.8, 4) is 0 Å². The number of amides is 2. The maximum atomic E-state index is 13.4. The van der Waals surface area contributed by atoms with Gasteiger partial charge < -0.3 is 15.2 Å². The van der Waals surface area contributed by atoms with Crippen LogP contribution in [0, 0.1) is 6.92 Å². The van der Waals surface area contributed by atoms with Gasteiger partial charge in [0.2, 0.25) is 0 Å². The number of anilines is 1. The van der Waals surface area contributed by atoms with Gasteiger partial charge in [-0.3, -0.25) is 0 Å². The molecule has 156 valence electrons. The normalized spacial score (nSPS) is 15.7. The van der Waals surface area contributed by atoms with Gasteiger partial charge in [0.25, 0.3) is 0 Å².